The Bertz CT molecular complexity index is 260. The zero-order valence-corrected chi connectivity index (χ0v) is 8.27. The molecule has 2 unspecified atom stereocenters. The third-order valence-electron chi connectivity index (χ3n) is 2.12. The van der Waals surface area contributed by atoms with Gasteiger partial charge in [-0.25, -0.2) is 0 Å². The molecule has 2 N–H and O–H groups in total. The molecule has 0 saturated heterocycles. The molecule has 74 valence electrons. The minimum atomic E-state index is -0.0602. The molecule has 1 aromatic rings. The second-order valence-corrected chi connectivity index (χ2v) is 3.17. The monoisotopic (exact) mass is 184 g/mol. The fourth-order valence-corrected chi connectivity index (χ4v) is 1.21. The van der Waals surface area contributed by atoms with E-state index in [0.717, 1.165) is 12.1 Å². The van der Waals surface area contributed by atoms with Gasteiger partial charge in [-0.05, 0) is 13.3 Å². The van der Waals surface area contributed by atoms with E-state index in [-0.39, 0.29) is 12.1 Å². The van der Waals surface area contributed by atoms with E-state index in [1.807, 2.05) is 14.0 Å². The molecule has 5 heteroatoms. The van der Waals surface area contributed by atoms with E-state index in [4.69, 9.17) is 10.5 Å². The van der Waals surface area contributed by atoms with Crippen molar-refractivity contribution in [1.82, 2.24) is 15.0 Å². The van der Waals surface area contributed by atoms with Crippen LogP contribution < -0.4 is 5.73 Å². The molecule has 2 atom stereocenters. The van der Waals surface area contributed by atoms with Crippen molar-refractivity contribution >= 4 is 0 Å². The van der Waals surface area contributed by atoms with Gasteiger partial charge in [0, 0.05) is 14.2 Å². The van der Waals surface area contributed by atoms with E-state index in [0.29, 0.717) is 0 Å². The SMILES string of the molecule is COC(C)CC(N)c1cnnn1C. The molecule has 0 saturated carbocycles. The van der Waals surface area contributed by atoms with Crippen molar-refractivity contribution < 1.29 is 4.74 Å². The average molecular weight is 184 g/mol. The molecule has 0 spiro atoms. The van der Waals surface area contributed by atoms with E-state index in [1.165, 1.54) is 0 Å². The summed E-state index contributed by atoms with van der Waals surface area (Å²) in [6.07, 6.45) is 2.62. The zero-order valence-electron chi connectivity index (χ0n) is 8.27. The topological polar surface area (TPSA) is 66.0 Å². The molecule has 0 bridgehead atoms. The van der Waals surface area contributed by atoms with Crippen LogP contribution in [0.4, 0.5) is 0 Å². The van der Waals surface area contributed by atoms with Gasteiger partial charge in [-0.15, -0.1) is 5.10 Å². The van der Waals surface area contributed by atoms with Crippen LogP contribution in [-0.4, -0.2) is 28.2 Å². The Kier molecular flexibility index (Phi) is 3.39. The number of aromatic nitrogens is 3. The number of rotatable bonds is 4. The lowest BCUT2D eigenvalue weighted by molar-refractivity contribution is 0.104. The number of nitrogens with zero attached hydrogens (tertiary/aromatic N) is 3. The van der Waals surface area contributed by atoms with Crippen LogP contribution in [-0.2, 0) is 11.8 Å². The van der Waals surface area contributed by atoms with Gasteiger partial charge in [0.2, 0.25) is 0 Å². The Morgan fingerprint density at radius 3 is 2.85 bits per heavy atom. The molecular weight excluding hydrogens is 168 g/mol. The molecule has 0 amide bonds. The number of methoxy groups -OCH3 is 1. The first-order valence-electron chi connectivity index (χ1n) is 4.28. The molecule has 1 heterocycles. The highest BCUT2D eigenvalue weighted by molar-refractivity contribution is 5.00. The molecule has 0 aliphatic heterocycles. The predicted octanol–water partition coefficient (Wildman–Crippen LogP) is 0.240. The van der Waals surface area contributed by atoms with Gasteiger partial charge < -0.3 is 10.5 Å². The summed E-state index contributed by atoms with van der Waals surface area (Å²) in [7, 11) is 3.51. The lowest BCUT2D eigenvalue weighted by Gasteiger charge is -2.15. The number of ether oxygens (including phenoxy) is 1. The second-order valence-electron chi connectivity index (χ2n) is 3.17. The maximum Gasteiger partial charge on any atom is 0.0752 e. The van der Waals surface area contributed by atoms with Crippen LogP contribution in [0.2, 0.25) is 0 Å². The Morgan fingerprint density at radius 1 is 1.69 bits per heavy atom. The van der Waals surface area contributed by atoms with Crippen molar-refractivity contribution in [2.24, 2.45) is 12.8 Å². The Hall–Kier alpha value is -0.940. The highest BCUT2D eigenvalue weighted by Gasteiger charge is 2.13. The Morgan fingerprint density at radius 2 is 2.38 bits per heavy atom. The second kappa shape index (κ2) is 4.34. The zero-order chi connectivity index (χ0) is 9.84. The van der Waals surface area contributed by atoms with Gasteiger partial charge in [0.15, 0.2) is 0 Å². The summed E-state index contributed by atoms with van der Waals surface area (Å²) in [5.74, 6) is 0. The summed E-state index contributed by atoms with van der Waals surface area (Å²) in [6.45, 7) is 1.99. The van der Waals surface area contributed by atoms with Crippen LogP contribution in [0, 0.1) is 0 Å². The first kappa shape index (κ1) is 10.1. The standard InChI is InChI=1S/C8H16N4O/c1-6(13-3)4-7(9)8-5-10-11-12(8)2/h5-7H,4,9H2,1-3H3. The highest BCUT2D eigenvalue weighted by Crippen LogP contribution is 2.14. The van der Waals surface area contributed by atoms with Gasteiger partial charge in [-0.3, -0.25) is 4.68 Å². The first-order chi connectivity index (χ1) is 6.15. The minimum Gasteiger partial charge on any atom is -0.382 e. The van der Waals surface area contributed by atoms with Crippen molar-refractivity contribution in [3.05, 3.63) is 11.9 Å². The summed E-state index contributed by atoms with van der Waals surface area (Å²) in [6, 6.07) is -0.0602. The fourth-order valence-electron chi connectivity index (χ4n) is 1.21. The third kappa shape index (κ3) is 2.50. The molecule has 1 rings (SSSR count). The van der Waals surface area contributed by atoms with E-state index in [2.05, 4.69) is 10.3 Å². The molecule has 0 aromatic carbocycles. The molecule has 1 aromatic heterocycles. The molecular formula is C8H16N4O. The molecule has 0 aliphatic carbocycles. The summed E-state index contributed by atoms with van der Waals surface area (Å²) in [4.78, 5) is 0. The van der Waals surface area contributed by atoms with Gasteiger partial charge >= 0.3 is 0 Å². The van der Waals surface area contributed by atoms with Crippen molar-refractivity contribution in [3.63, 3.8) is 0 Å². The van der Waals surface area contributed by atoms with Crippen LogP contribution in [0.5, 0.6) is 0 Å². The average Bonchev–Trinajstić information content (AvgIpc) is 2.51. The smallest absolute Gasteiger partial charge is 0.0752 e. The first-order valence-corrected chi connectivity index (χ1v) is 4.28. The van der Waals surface area contributed by atoms with Gasteiger partial charge in [-0.2, -0.15) is 0 Å². The maximum atomic E-state index is 5.94. The third-order valence-corrected chi connectivity index (χ3v) is 2.12. The van der Waals surface area contributed by atoms with E-state index < -0.39 is 0 Å². The predicted molar refractivity (Wildman–Crippen MR) is 49.0 cm³/mol. The minimum absolute atomic E-state index is 0.0602. The molecule has 5 nitrogen and oxygen atoms in total. The normalized spacial score (nSPS) is 15.7. The lowest BCUT2D eigenvalue weighted by atomic mass is 10.1. The lowest BCUT2D eigenvalue weighted by Crippen LogP contribution is -2.20. The van der Waals surface area contributed by atoms with E-state index >= 15 is 0 Å². The number of aryl methyl sites for hydroxylation is 1. The van der Waals surface area contributed by atoms with Crippen molar-refractivity contribution in [1.29, 1.82) is 0 Å². The van der Waals surface area contributed by atoms with Gasteiger partial charge in [0.05, 0.1) is 24.0 Å². The van der Waals surface area contributed by atoms with Gasteiger partial charge in [0.1, 0.15) is 0 Å². The largest absolute Gasteiger partial charge is 0.382 e. The molecule has 0 radical (unpaired) electrons. The van der Waals surface area contributed by atoms with Crippen molar-refractivity contribution in [2.75, 3.05) is 7.11 Å². The summed E-state index contributed by atoms with van der Waals surface area (Å²) in [5.41, 5.74) is 6.87. The number of hydrogen-bond acceptors (Lipinski definition) is 4. The molecule has 0 aliphatic rings. The maximum absolute atomic E-state index is 5.94. The summed E-state index contributed by atoms with van der Waals surface area (Å²) in [5, 5.41) is 7.58. The van der Waals surface area contributed by atoms with Crippen LogP contribution in [0.3, 0.4) is 0 Å². The van der Waals surface area contributed by atoms with E-state index in [1.54, 1.807) is 18.0 Å². The van der Waals surface area contributed by atoms with Crippen LogP contribution >= 0.6 is 0 Å². The van der Waals surface area contributed by atoms with E-state index in [9.17, 15) is 0 Å². The van der Waals surface area contributed by atoms with Crippen LogP contribution in [0.1, 0.15) is 25.1 Å². The van der Waals surface area contributed by atoms with Gasteiger partial charge in [-0.1, -0.05) is 5.21 Å². The van der Waals surface area contributed by atoms with Crippen LogP contribution in [0.15, 0.2) is 6.20 Å². The summed E-state index contributed by atoms with van der Waals surface area (Å²) >= 11 is 0. The number of hydrogen-bond donors (Lipinski definition) is 1. The molecule has 0 fully saturated rings. The highest BCUT2D eigenvalue weighted by atomic mass is 16.5. The molecule has 13 heavy (non-hydrogen) atoms. The number of nitrogens with two attached hydrogens (primary N) is 1. The van der Waals surface area contributed by atoms with Gasteiger partial charge in [0.25, 0.3) is 0 Å². The quantitative estimate of drug-likeness (QED) is 0.728. The Balaban J connectivity index is 2.58. The van der Waals surface area contributed by atoms with Crippen LogP contribution in [0.25, 0.3) is 0 Å². The van der Waals surface area contributed by atoms with Crippen molar-refractivity contribution in [3.8, 4) is 0 Å². The fraction of sp³-hybridized carbons (Fsp3) is 0.750. The Labute approximate surface area is 77.9 Å². The van der Waals surface area contributed by atoms with Crippen molar-refractivity contribution in [2.45, 2.75) is 25.5 Å². The summed E-state index contributed by atoms with van der Waals surface area (Å²) < 4.78 is 6.82.